The standard InChI is InChI=1S/C18H26O3S/c1-18(2)13-8-10-15(17(18)19)9-6-7-14-22(20,21)16-11-4-3-5-12-16/h3-5,11-12,15H,6-10,13-14H2,1-2H3. The van der Waals surface area contributed by atoms with Crippen molar-refractivity contribution in [3.63, 3.8) is 0 Å². The highest BCUT2D eigenvalue weighted by atomic mass is 32.2. The summed E-state index contributed by atoms with van der Waals surface area (Å²) in [6, 6.07) is 8.59. The average Bonchev–Trinajstić information content (AvgIpc) is 2.48. The minimum atomic E-state index is -3.18. The largest absolute Gasteiger partial charge is 0.299 e. The smallest absolute Gasteiger partial charge is 0.178 e. The van der Waals surface area contributed by atoms with Crippen LogP contribution in [0.4, 0.5) is 0 Å². The quantitative estimate of drug-likeness (QED) is 0.743. The van der Waals surface area contributed by atoms with E-state index in [4.69, 9.17) is 0 Å². The molecule has 1 fully saturated rings. The van der Waals surface area contributed by atoms with Gasteiger partial charge in [0.15, 0.2) is 9.84 Å². The third-order valence-corrected chi connectivity index (χ3v) is 6.53. The van der Waals surface area contributed by atoms with E-state index in [1.807, 2.05) is 19.9 Å². The van der Waals surface area contributed by atoms with Gasteiger partial charge < -0.3 is 0 Å². The van der Waals surface area contributed by atoms with Gasteiger partial charge in [0, 0.05) is 11.3 Å². The van der Waals surface area contributed by atoms with Gasteiger partial charge in [0.05, 0.1) is 10.6 Å². The number of rotatable bonds is 6. The Morgan fingerprint density at radius 3 is 2.50 bits per heavy atom. The molecule has 2 rings (SSSR count). The van der Waals surface area contributed by atoms with Crippen LogP contribution in [-0.2, 0) is 14.6 Å². The second kappa shape index (κ2) is 6.95. The molecule has 4 heteroatoms. The van der Waals surface area contributed by atoms with E-state index >= 15 is 0 Å². The summed E-state index contributed by atoms with van der Waals surface area (Å²) in [5, 5.41) is 0. The van der Waals surface area contributed by atoms with Crippen molar-refractivity contribution >= 4 is 15.6 Å². The Bertz CT molecular complexity index is 602. The SMILES string of the molecule is CC1(C)CCCC(CCCCS(=O)(=O)c2ccccc2)C1=O. The van der Waals surface area contributed by atoms with Crippen LogP contribution >= 0.6 is 0 Å². The zero-order valence-electron chi connectivity index (χ0n) is 13.5. The van der Waals surface area contributed by atoms with Gasteiger partial charge in [-0.2, -0.15) is 0 Å². The van der Waals surface area contributed by atoms with Crippen molar-refractivity contribution < 1.29 is 13.2 Å². The van der Waals surface area contributed by atoms with Crippen LogP contribution in [0.25, 0.3) is 0 Å². The summed E-state index contributed by atoms with van der Waals surface area (Å²) in [5.74, 6) is 0.661. The first-order valence-electron chi connectivity index (χ1n) is 8.15. The van der Waals surface area contributed by atoms with Crippen LogP contribution in [-0.4, -0.2) is 20.0 Å². The number of carbonyl (C=O) groups is 1. The number of Topliss-reactive ketones (excluding diaryl/α,β-unsaturated/α-hetero) is 1. The van der Waals surface area contributed by atoms with Gasteiger partial charge in [0.2, 0.25) is 0 Å². The Kier molecular flexibility index (Phi) is 5.43. The molecule has 0 heterocycles. The first-order chi connectivity index (χ1) is 10.3. The van der Waals surface area contributed by atoms with Gasteiger partial charge in [-0.1, -0.05) is 44.9 Å². The molecule has 1 aromatic rings. The molecule has 3 nitrogen and oxygen atoms in total. The lowest BCUT2D eigenvalue weighted by molar-refractivity contribution is -0.134. The summed E-state index contributed by atoms with van der Waals surface area (Å²) in [5.41, 5.74) is -0.195. The van der Waals surface area contributed by atoms with E-state index < -0.39 is 9.84 Å². The zero-order valence-corrected chi connectivity index (χ0v) is 14.4. The van der Waals surface area contributed by atoms with Gasteiger partial charge >= 0.3 is 0 Å². The van der Waals surface area contributed by atoms with Crippen LogP contribution in [0.2, 0.25) is 0 Å². The molecule has 0 bridgehead atoms. The van der Waals surface area contributed by atoms with Crippen molar-refractivity contribution in [2.75, 3.05) is 5.75 Å². The summed E-state index contributed by atoms with van der Waals surface area (Å²) < 4.78 is 24.4. The molecule has 0 spiro atoms. The fourth-order valence-corrected chi connectivity index (χ4v) is 4.69. The van der Waals surface area contributed by atoms with E-state index in [1.54, 1.807) is 24.3 Å². The molecule has 0 saturated heterocycles. The third-order valence-electron chi connectivity index (χ3n) is 4.71. The van der Waals surface area contributed by atoms with E-state index in [0.717, 1.165) is 32.1 Å². The molecule has 1 aromatic carbocycles. The predicted molar refractivity (Wildman–Crippen MR) is 88.5 cm³/mol. The Morgan fingerprint density at radius 2 is 1.82 bits per heavy atom. The van der Waals surface area contributed by atoms with Gasteiger partial charge in [-0.25, -0.2) is 8.42 Å². The van der Waals surface area contributed by atoms with E-state index in [0.29, 0.717) is 17.1 Å². The molecule has 1 unspecified atom stereocenters. The van der Waals surface area contributed by atoms with Crippen molar-refractivity contribution in [3.05, 3.63) is 30.3 Å². The molecule has 0 N–H and O–H groups in total. The van der Waals surface area contributed by atoms with Crippen LogP contribution in [0.1, 0.15) is 52.4 Å². The topological polar surface area (TPSA) is 51.2 Å². The number of benzene rings is 1. The van der Waals surface area contributed by atoms with E-state index in [-0.39, 0.29) is 17.1 Å². The van der Waals surface area contributed by atoms with Gasteiger partial charge in [0.1, 0.15) is 5.78 Å². The summed E-state index contributed by atoms with van der Waals surface area (Å²) in [6.07, 6.45) is 5.30. The Morgan fingerprint density at radius 1 is 1.14 bits per heavy atom. The first-order valence-corrected chi connectivity index (χ1v) is 9.80. The lowest BCUT2D eigenvalue weighted by Crippen LogP contribution is -2.35. The molecule has 0 aliphatic heterocycles. The van der Waals surface area contributed by atoms with Crippen molar-refractivity contribution in [1.29, 1.82) is 0 Å². The van der Waals surface area contributed by atoms with E-state index in [2.05, 4.69) is 0 Å². The van der Waals surface area contributed by atoms with E-state index in [9.17, 15) is 13.2 Å². The fraction of sp³-hybridized carbons (Fsp3) is 0.611. The minimum Gasteiger partial charge on any atom is -0.299 e. The Hall–Kier alpha value is -1.16. The van der Waals surface area contributed by atoms with Crippen LogP contribution < -0.4 is 0 Å². The number of carbonyl (C=O) groups excluding carboxylic acids is 1. The molecule has 1 saturated carbocycles. The molecule has 0 amide bonds. The summed E-state index contributed by atoms with van der Waals surface area (Å²) >= 11 is 0. The molecule has 0 aromatic heterocycles. The minimum absolute atomic E-state index is 0.128. The highest BCUT2D eigenvalue weighted by molar-refractivity contribution is 7.91. The summed E-state index contributed by atoms with van der Waals surface area (Å²) in [4.78, 5) is 12.7. The van der Waals surface area contributed by atoms with Crippen LogP contribution in [0.5, 0.6) is 0 Å². The number of sulfone groups is 1. The molecule has 22 heavy (non-hydrogen) atoms. The fourth-order valence-electron chi connectivity index (χ4n) is 3.30. The van der Waals surface area contributed by atoms with Gasteiger partial charge in [-0.15, -0.1) is 0 Å². The van der Waals surface area contributed by atoms with Crippen molar-refractivity contribution in [1.82, 2.24) is 0 Å². The van der Waals surface area contributed by atoms with Crippen LogP contribution in [0.3, 0.4) is 0 Å². The Balaban J connectivity index is 1.81. The number of ketones is 1. The van der Waals surface area contributed by atoms with Crippen molar-refractivity contribution in [2.24, 2.45) is 11.3 Å². The number of hydrogen-bond acceptors (Lipinski definition) is 3. The van der Waals surface area contributed by atoms with Crippen LogP contribution in [0.15, 0.2) is 35.2 Å². The highest BCUT2D eigenvalue weighted by Gasteiger charge is 2.36. The van der Waals surface area contributed by atoms with Crippen molar-refractivity contribution in [3.8, 4) is 0 Å². The van der Waals surface area contributed by atoms with Gasteiger partial charge in [0.25, 0.3) is 0 Å². The number of hydrogen-bond donors (Lipinski definition) is 0. The maximum atomic E-state index is 12.3. The molecular weight excluding hydrogens is 296 g/mol. The molecular formula is C18H26O3S. The normalized spacial score (nSPS) is 21.7. The maximum absolute atomic E-state index is 12.3. The maximum Gasteiger partial charge on any atom is 0.178 e. The van der Waals surface area contributed by atoms with Gasteiger partial charge in [-0.05, 0) is 37.8 Å². The average molecular weight is 322 g/mol. The molecule has 1 atom stereocenters. The Labute approximate surface area is 134 Å². The van der Waals surface area contributed by atoms with Crippen molar-refractivity contribution in [2.45, 2.75) is 57.3 Å². The van der Waals surface area contributed by atoms with Crippen LogP contribution in [0, 0.1) is 11.3 Å². The molecule has 1 aliphatic rings. The summed E-state index contributed by atoms with van der Waals surface area (Å²) in [7, 11) is -3.18. The predicted octanol–water partition coefficient (Wildman–Crippen LogP) is 4.03. The molecule has 1 aliphatic carbocycles. The zero-order chi connectivity index (χ0) is 16.2. The second-order valence-corrected chi connectivity index (χ2v) is 9.07. The lowest BCUT2D eigenvalue weighted by Gasteiger charge is -2.33. The molecule has 0 radical (unpaired) electrons. The highest BCUT2D eigenvalue weighted by Crippen LogP contribution is 2.37. The third kappa shape index (κ3) is 4.19. The van der Waals surface area contributed by atoms with E-state index in [1.165, 1.54) is 0 Å². The van der Waals surface area contributed by atoms with Gasteiger partial charge in [-0.3, -0.25) is 4.79 Å². The lowest BCUT2D eigenvalue weighted by atomic mass is 9.70. The number of unbranched alkanes of at least 4 members (excludes halogenated alkanes) is 1. The molecule has 122 valence electrons. The second-order valence-electron chi connectivity index (χ2n) is 6.96. The first kappa shape index (κ1) is 17.2. The summed E-state index contributed by atoms with van der Waals surface area (Å²) in [6.45, 7) is 4.06. The monoisotopic (exact) mass is 322 g/mol.